The van der Waals surface area contributed by atoms with Crippen LogP contribution in [0.2, 0.25) is 0 Å². The van der Waals surface area contributed by atoms with E-state index < -0.39 is 11.9 Å². The second kappa shape index (κ2) is 7.69. The summed E-state index contributed by atoms with van der Waals surface area (Å²) in [5.41, 5.74) is -0.991. The van der Waals surface area contributed by atoms with Crippen LogP contribution < -0.4 is 5.32 Å². The van der Waals surface area contributed by atoms with Gasteiger partial charge in [0.15, 0.2) is 10.9 Å². The Hall–Kier alpha value is -2.03. The molecule has 0 aromatic carbocycles. The zero-order valence-corrected chi connectivity index (χ0v) is 13.9. The maximum atomic E-state index is 13.0. The molecule has 24 heavy (non-hydrogen) atoms. The van der Waals surface area contributed by atoms with Crippen molar-refractivity contribution in [3.05, 3.63) is 30.2 Å². The molecule has 9 heteroatoms. The number of alkyl halides is 3. The van der Waals surface area contributed by atoms with Crippen molar-refractivity contribution in [3.63, 3.8) is 0 Å². The number of thioether (sulfide) groups is 1. The van der Waals surface area contributed by atoms with Crippen LogP contribution >= 0.6 is 11.8 Å². The second-order valence-corrected chi connectivity index (χ2v) is 6.28. The number of carbonyl (C=O) groups is 1. The van der Waals surface area contributed by atoms with Crippen molar-refractivity contribution in [1.82, 2.24) is 15.3 Å². The molecule has 0 unspecified atom stereocenters. The molecule has 0 spiro atoms. The quantitative estimate of drug-likeness (QED) is 0.628. The molecule has 2 aromatic heterocycles. The molecule has 0 aliphatic carbocycles. The van der Waals surface area contributed by atoms with Gasteiger partial charge in [0, 0.05) is 18.2 Å². The number of furan rings is 1. The zero-order chi connectivity index (χ0) is 17.7. The fourth-order valence-corrected chi connectivity index (χ4v) is 2.61. The fraction of sp³-hybridized carbons (Fsp3) is 0.400. The van der Waals surface area contributed by atoms with E-state index in [2.05, 4.69) is 15.3 Å². The van der Waals surface area contributed by atoms with E-state index in [1.807, 2.05) is 13.8 Å². The van der Waals surface area contributed by atoms with Crippen LogP contribution in [0.3, 0.4) is 0 Å². The molecule has 130 valence electrons. The minimum absolute atomic E-state index is 0.0119. The summed E-state index contributed by atoms with van der Waals surface area (Å²) in [6.45, 7) is 3.66. The summed E-state index contributed by atoms with van der Waals surface area (Å²) >= 11 is 0.993. The van der Waals surface area contributed by atoms with E-state index in [0.29, 0.717) is 0 Å². The van der Waals surface area contributed by atoms with Gasteiger partial charge in [-0.05, 0) is 32.0 Å². The Morgan fingerprint density at radius 1 is 1.38 bits per heavy atom. The van der Waals surface area contributed by atoms with E-state index in [9.17, 15) is 18.0 Å². The molecule has 0 saturated heterocycles. The summed E-state index contributed by atoms with van der Waals surface area (Å²) in [5, 5.41) is 2.66. The van der Waals surface area contributed by atoms with Crippen LogP contribution in [0.15, 0.2) is 34.0 Å². The number of carbonyl (C=O) groups excluding carboxylic acids is 1. The highest BCUT2D eigenvalue weighted by Gasteiger charge is 2.34. The number of aromatic nitrogens is 2. The van der Waals surface area contributed by atoms with Gasteiger partial charge >= 0.3 is 6.18 Å². The highest BCUT2D eigenvalue weighted by Crippen LogP contribution is 2.32. The molecule has 0 atom stereocenters. The summed E-state index contributed by atoms with van der Waals surface area (Å²) in [6.07, 6.45) is -3.07. The number of halogens is 3. The number of nitrogens with zero attached hydrogens (tertiary/aromatic N) is 2. The summed E-state index contributed by atoms with van der Waals surface area (Å²) < 4.78 is 44.1. The molecule has 0 aliphatic rings. The van der Waals surface area contributed by atoms with E-state index in [4.69, 9.17) is 4.42 Å². The fourth-order valence-electron chi connectivity index (χ4n) is 1.81. The lowest BCUT2D eigenvalue weighted by Gasteiger charge is -2.10. The summed E-state index contributed by atoms with van der Waals surface area (Å²) in [5.74, 6) is 0.329. The first-order chi connectivity index (χ1) is 11.3. The third-order valence-electron chi connectivity index (χ3n) is 2.78. The van der Waals surface area contributed by atoms with E-state index >= 15 is 0 Å². The Morgan fingerprint density at radius 2 is 2.12 bits per heavy atom. The highest BCUT2D eigenvalue weighted by molar-refractivity contribution is 7.99. The Balaban J connectivity index is 2.14. The maximum Gasteiger partial charge on any atom is 0.433 e. The first kappa shape index (κ1) is 18.3. The Labute approximate surface area is 141 Å². The van der Waals surface area contributed by atoms with E-state index in [-0.39, 0.29) is 40.7 Å². The van der Waals surface area contributed by atoms with Crippen LogP contribution in [-0.4, -0.2) is 27.7 Å². The smallest absolute Gasteiger partial charge is 0.433 e. The van der Waals surface area contributed by atoms with E-state index in [1.54, 1.807) is 6.07 Å². The van der Waals surface area contributed by atoms with E-state index in [0.717, 1.165) is 17.8 Å². The number of rotatable bonds is 6. The third kappa shape index (κ3) is 5.26. The topological polar surface area (TPSA) is 68.0 Å². The molecule has 1 N–H and O–H groups in total. The molecule has 0 saturated carbocycles. The molecule has 1 amide bonds. The lowest BCUT2D eigenvalue weighted by atomic mass is 10.2. The summed E-state index contributed by atoms with van der Waals surface area (Å²) in [4.78, 5) is 19.2. The van der Waals surface area contributed by atoms with Gasteiger partial charge < -0.3 is 9.73 Å². The van der Waals surface area contributed by atoms with Gasteiger partial charge in [0.05, 0.1) is 6.26 Å². The molecule has 0 radical (unpaired) electrons. The predicted molar refractivity (Wildman–Crippen MR) is 83.4 cm³/mol. The molecule has 5 nitrogen and oxygen atoms in total. The third-order valence-corrected chi connectivity index (χ3v) is 3.63. The first-order valence-electron chi connectivity index (χ1n) is 7.18. The maximum absolute atomic E-state index is 13.0. The molecule has 2 aromatic rings. The number of hydrogen-bond donors (Lipinski definition) is 1. The van der Waals surface area contributed by atoms with Crippen LogP contribution in [0.25, 0.3) is 11.5 Å². The van der Waals surface area contributed by atoms with Crippen molar-refractivity contribution in [3.8, 4) is 11.5 Å². The largest absolute Gasteiger partial charge is 0.463 e. The Morgan fingerprint density at radius 3 is 2.71 bits per heavy atom. The standard InChI is InChI=1S/C15H16F3N3O2S/c1-9(2)19-13(22)5-7-24-14-20-10(11-4-3-6-23-11)8-12(21-14)15(16,17)18/h3-4,6,8-9H,5,7H2,1-2H3,(H,19,22). The van der Waals surface area contributed by atoms with Crippen LogP contribution in [0.5, 0.6) is 0 Å². The van der Waals surface area contributed by atoms with Gasteiger partial charge in [-0.3, -0.25) is 4.79 Å². The number of amides is 1. The minimum Gasteiger partial charge on any atom is -0.463 e. The molecular weight excluding hydrogens is 343 g/mol. The van der Waals surface area contributed by atoms with Crippen molar-refractivity contribution in [1.29, 1.82) is 0 Å². The van der Waals surface area contributed by atoms with Gasteiger partial charge in [-0.15, -0.1) is 0 Å². The van der Waals surface area contributed by atoms with Crippen LogP contribution in [-0.2, 0) is 11.0 Å². The molecular formula is C15H16F3N3O2S. The molecule has 0 fully saturated rings. The summed E-state index contributed by atoms with van der Waals surface area (Å²) in [6, 6.07) is 3.94. The van der Waals surface area contributed by atoms with Gasteiger partial charge in [-0.2, -0.15) is 13.2 Å². The molecule has 0 bridgehead atoms. The van der Waals surface area contributed by atoms with Gasteiger partial charge in [0.1, 0.15) is 11.4 Å². The number of hydrogen-bond acceptors (Lipinski definition) is 5. The Bertz CT molecular complexity index is 688. The molecule has 0 aliphatic heterocycles. The molecule has 2 rings (SSSR count). The SMILES string of the molecule is CC(C)NC(=O)CCSc1nc(-c2ccco2)cc(C(F)(F)F)n1. The lowest BCUT2D eigenvalue weighted by molar-refractivity contribution is -0.141. The van der Waals surface area contributed by atoms with Crippen LogP contribution in [0.4, 0.5) is 13.2 Å². The van der Waals surface area contributed by atoms with Gasteiger partial charge in [0.2, 0.25) is 5.91 Å². The van der Waals surface area contributed by atoms with E-state index in [1.165, 1.54) is 12.3 Å². The molecule has 2 heterocycles. The minimum atomic E-state index is -4.59. The van der Waals surface area contributed by atoms with Crippen LogP contribution in [0.1, 0.15) is 26.0 Å². The van der Waals surface area contributed by atoms with Crippen molar-refractivity contribution in [2.75, 3.05) is 5.75 Å². The monoisotopic (exact) mass is 359 g/mol. The van der Waals surface area contributed by atoms with Gasteiger partial charge in [-0.1, -0.05) is 11.8 Å². The van der Waals surface area contributed by atoms with Crippen molar-refractivity contribution < 1.29 is 22.4 Å². The number of nitrogens with one attached hydrogen (secondary N) is 1. The van der Waals surface area contributed by atoms with Crippen molar-refractivity contribution in [2.45, 2.75) is 37.6 Å². The average Bonchev–Trinajstić information content (AvgIpc) is 2.99. The normalized spacial score (nSPS) is 11.8. The Kier molecular flexibility index (Phi) is 5.87. The lowest BCUT2D eigenvalue weighted by Crippen LogP contribution is -2.30. The van der Waals surface area contributed by atoms with Crippen molar-refractivity contribution in [2.24, 2.45) is 0 Å². The van der Waals surface area contributed by atoms with Crippen LogP contribution in [0, 0.1) is 0 Å². The van der Waals surface area contributed by atoms with Crippen molar-refractivity contribution >= 4 is 17.7 Å². The van der Waals surface area contributed by atoms with Gasteiger partial charge in [-0.25, -0.2) is 9.97 Å². The predicted octanol–water partition coefficient (Wildman–Crippen LogP) is 3.76. The second-order valence-electron chi connectivity index (χ2n) is 5.22. The highest BCUT2D eigenvalue weighted by atomic mass is 32.2. The summed E-state index contributed by atoms with van der Waals surface area (Å²) in [7, 11) is 0. The zero-order valence-electron chi connectivity index (χ0n) is 13.1. The first-order valence-corrected chi connectivity index (χ1v) is 8.16. The van der Waals surface area contributed by atoms with Gasteiger partial charge in [0.25, 0.3) is 0 Å². The average molecular weight is 359 g/mol.